The molecule has 80 valence electrons. The Bertz CT molecular complexity index is 295. The molecular weight excluding hydrogens is 244 g/mol. The topological polar surface area (TPSA) is 34.0 Å². The third-order valence-corrected chi connectivity index (χ3v) is 3.78. The standard InChI is InChI=1S/C9H17BrN4/c1-9(2,7-10)13(3)5-8-6-14(4)12-11-8/h6H,5,7H2,1-4H3. The maximum atomic E-state index is 4.06. The number of halogens is 1. The summed E-state index contributed by atoms with van der Waals surface area (Å²) in [6, 6.07) is 0. The number of hydrogen-bond donors (Lipinski definition) is 0. The van der Waals surface area contributed by atoms with Gasteiger partial charge in [-0.2, -0.15) is 0 Å². The smallest absolute Gasteiger partial charge is 0.0967 e. The first-order chi connectivity index (χ1) is 6.45. The van der Waals surface area contributed by atoms with E-state index in [-0.39, 0.29) is 5.54 Å². The monoisotopic (exact) mass is 260 g/mol. The molecule has 1 aromatic heterocycles. The lowest BCUT2D eigenvalue weighted by Gasteiger charge is -2.33. The van der Waals surface area contributed by atoms with Crippen molar-refractivity contribution in [2.24, 2.45) is 7.05 Å². The third kappa shape index (κ3) is 2.78. The molecule has 0 saturated heterocycles. The van der Waals surface area contributed by atoms with E-state index in [4.69, 9.17) is 0 Å². The molecule has 0 N–H and O–H groups in total. The highest BCUT2D eigenvalue weighted by atomic mass is 79.9. The largest absolute Gasteiger partial charge is 0.294 e. The Balaban J connectivity index is 2.61. The van der Waals surface area contributed by atoms with E-state index in [0.717, 1.165) is 17.6 Å². The second-order valence-electron chi connectivity index (χ2n) is 4.19. The molecule has 0 aromatic carbocycles. The summed E-state index contributed by atoms with van der Waals surface area (Å²) < 4.78 is 1.73. The van der Waals surface area contributed by atoms with Crippen molar-refractivity contribution in [1.82, 2.24) is 19.9 Å². The first-order valence-electron chi connectivity index (χ1n) is 4.58. The molecule has 0 fully saturated rings. The van der Waals surface area contributed by atoms with E-state index in [1.54, 1.807) is 4.68 Å². The van der Waals surface area contributed by atoms with Crippen LogP contribution in [0.15, 0.2) is 6.20 Å². The minimum absolute atomic E-state index is 0.136. The van der Waals surface area contributed by atoms with Crippen LogP contribution in [0, 0.1) is 0 Å². The molecule has 1 aromatic rings. The average Bonchev–Trinajstić information content (AvgIpc) is 2.51. The maximum Gasteiger partial charge on any atom is 0.0967 e. The minimum atomic E-state index is 0.136. The van der Waals surface area contributed by atoms with Crippen molar-refractivity contribution in [2.75, 3.05) is 12.4 Å². The molecule has 0 aliphatic rings. The van der Waals surface area contributed by atoms with Gasteiger partial charge in [0.15, 0.2) is 0 Å². The second kappa shape index (κ2) is 4.40. The van der Waals surface area contributed by atoms with Crippen molar-refractivity contribution in [2.45, 2.75) is 25.9 Å². The highest BCUT2D eigenvalue weighted by molar-refractivity contribution is 9.09. The van der Waals surface area contributed by atoms with Gasteiger partial charge in [0.25, 0.3) is 0 Å². The zero-order valence-electron chi connectivity index (χ0n) is 9.16. The van der Waals surface area contributed by atoms with Crippen molar-refractivity contribution in [3.63, 3.8) is 0 Å². The molecule has 14 heavy (non-hydrogen) atoms. The fraction of sp³-hybridized carbons (Fsp3) is 0.778. The highest BCUT2D eigenvalue weighted by Crippen LogP contribution is 2.16. The van der Waals surface area contributed by atoms with Gasteiger partial charge in [-0.25, -0.2) is 0 Å². The van der Waals surface area contributed by atoms with Crippen LogP contribution in [0.5, 0.6) is 0 Å². The average molecular weight is 261 g/mol. The molecule has 0 radical (unpaired) electrons. The van der Waals surface area contributed by atoms with Gasteiger partial charge in [0.05, 0.1) is 5.69 Å². The minimum Gasteiger partial charge on any atom is -0.294 e. The van der Waals surface area contributed by atoms with Crippen molar-refractivity contribution < 1.29 is 0 Å². The molecule has 5 heteroatoms. The summed E-state index contributed by atoms with van der Waals surface area (Å²) >= 11 is 3.51. The summed E-state index contributed by atoms with van der Waals surface area (Å²) in [7, 11) is 3.97. The first-order valence-corrected chi connectivity index (χ1v) is 5.70. The molecule has 4 nitrogen and oxygen atoms in total. The zero-order chi connectivity index (χ0) is 10.8. The van der Waals surface area contributed by atoms with Crippen molar-refractivity contribution in [3.8, 4) is 0 Å². The zero-order valence-corrected chi connectivity index (χ0v) is 10.7. The Morgan fingerprint density at radius 1 is 1.57 bits per heavy atom. The summed E-state index contributed by atoms with van der Waals surface area (Å²) in [5.74, 6) is 0. The fourth-order valence-corrected chi connectivity index (χ4v) is 1.45. The van der Waals surface area contributed by atoms with Gasteiger partial charge in [0.1, 0.15) is 0 Å². The van der Waals surface area contributed by atoms with Gasteiger partial charge in [0.2, 0.25) is 0 Å². The summed E-state index contributed by atoms with van der Waals surface area (Å²) in [6.45, 7) is 5.21. The van der Waals surface area contributed by atoms with Crippen molar-refractivity contribution in [1.29, 1.82) is 0 Å². The van der Waals surface area contributed by atoms with Crippen LogP contribution in [-0.2, 0) is 13.6 Å². The molecule has 1 rings (SSSR count). The van der Waals surface area contributed by atoms with Crippen molar-refractivity contribution in [3.05, 3.63) is 11.9 Å². The fourth-order valence-electron chi connectivity index (χ4n) is 1.03. The molecule has 0 aliphatic heterocycles. The molecule has 0 aliphatic carbocycles. The van der Waals surface area contributed by atoms with Crippen LogP contribution in [0.3, 0.4) is 0 Å². The number of aryl methyl sites for hydroxylation is 1. The molecule has 0 unspecified atom stereocenters. The Kier molecular flexibility index (Phi) is 3.66. The number of alkyl halides is 1. The van der Waals surface area contributed by atoms with Crippen LogP contribution in [0.1, 0.15) is 19.5 Å². The molecule has 0 spiro atoms. The Hall–Kier alpha value is -0.420. The van der Waals surface area contributed by atoms with Gasteiger partial charge >= 0.3 is 0 Å². The highest BCUT2D eigenvalue weighted by Gasteiger charge is 2.22. The number of hydrogen-bond acceptors (Lipinski definition) is 3. The van der Waals surface area contributed by atoms with E-state index in [2.05, 4.69) is 52.0 Å². The first kappa shape index (κ1) is 11.7. The maximum absolute atomic E-state index is 4.06. The van der Waals surface area contributed by atoms with E-state index in [1.807, 2.05) is 13.2 Å². The van der Waals surface area contributed by atoms with Crippen LogP contribution in [0.2, 0.25) is 0 Å². The summed E-state index contributed by atoms with van der Waals surface area (Å²) in [5.41, 5.74) is 1.14. The van der Waals surface area contributed by atoms with Gasteiger partial charge in [-0.05, 0) is 20.9 Å². The number of nitrogens with zero attached hydrogens (tertiary/aromatic N) is 4. The predicted octanol–water partition coefficient (Wildman–Crippen LogP) is 1.42. The normalized spacial score (nSPS) is 12.4. The predicted molar refractivity (Wildman–Crippen MR) is 60.3 cm³/mol. The van der Waals surface area contributed by atoms with Gasteiger partial charge in [-0.15, -0.1) is 5.10 Å². The summed E-state index contributed by atoms with van der Waals surface area (Å²) in [5, 5.41) is 8.91. The van der Waals surface area contributed by atoms with Crippen LogP contribution in [0.4, 0.5) is 0 Å². The second-order valence-corrected chi connectivity index (χ2v) is 4.75. The molecule has 0 bridgehead atoms. The molecule has 0 amide bonds. The van der Waals surface area contributed by atoms with Crippen molar-refractivity contribution >= 4 is 15.9 Å². The molecule has 0 saturated carbocycles. The van der Waals surface area contributed by atoms with E-state index in [1.165, 1.54) is 0 Å². The van der Waals surface area contributed by atoms with E-state index in [0.29, 0.717) is 0 Å². The van der Waals surface area contributed by atoms with E-state index >= 15 is 0 Å². The lowest BCUT2D eigenvalue weighted by molar-refractivity contribution is 0.171. The van der Waals surface area contributed by atoms with Crippen LogP contribution in [-0.4, -0.2) is 37.8 Å². The molecule has 0 atom stereocenters. The Morgan fingerprint density at radius 3 is 2.64 bits per heavy atom. The Labute approximate surface area is 93.4 Å². The van der Waals surface area contributed by atoms with Crippen LogP contribution >= 0.6 is 15.9 Å². The third-order valence-electron chi connectivity index (χ3n) is 2.41. The Morgan fingerprint density at radius 2 is 2.21 bits per heavy atom. The lowest BCUT2D eigenvalue weighted by Crippen LogP contribution is -2.42. The number of rotatable bonds is 4. The van der Waals surface area contributed by atoms with Gasteiger partial charge in [0, 0.05) is 30.7 Å². The summed E-state index contributed by atoms with van der Waals surface area (Å²) in [6.07, 6.45) is 1.95. The van der Waals surface area contributed by atoms with Crippen LogP contribution in [0.25, 0.3) is 0 Å². The quantitative estimate of drug-likeness (QED) is 0.769. The number of aromatic nitrogens is 3. The van der Waals surface area contributed by atoms with E-state index < -0.39 is 0 Å². The summed E-state index contributed by atoms with van der Waals surface area (Å²) in [4.78, 5) is 2.26. The molecule has 1 heterocycles. The lowest BCUT2D eigenvalue weighted by atomic mass is 10.1. The van der Waals surface area contributed by atoms with E-state index in [9.17, 15) is 0 Å². The van der Waals surface area contributed by atoms with Gasteiger partial charge in [-0.1, -0.05) is 21.1 Å². The molecular formula is C9H17BrN4. The van der Waals surface area contributed by atoms with Gasteiger partial charge < -0.3 is 0 Å². The SMILES string of the molecule is CN(Cc1cn(C)nn1)C(C)(C)CBr. The van der Waals surface area contributed by atoms with Gasteiger partial charge in [-0.3, -0.25) is 9.58 Å². The van der Waals surface area contributed by atoms with Crippen LogP contribution < -0.4 is 0 Å².